The molecule has 0 N–H and O–H groups in total. The Bertz CT molecular complexity index is 893. The number of nitrogens with zero attached hydrogens (tertiary/aromatic N) is 4. The van der Waals surface area contributed by atoms with Gasteiger partial charge < -0.3 is 23.8 Å². The summed E-state index contributed by atoms with van der Waals surface area (Å²) < 4.78 is 26.0. The normalized spacial score (nSPS) is 20.5. The standard InChI is InChI=1S/C21H25FN4O4/c1-24-11-8-23-20(24)21(28)25-9-6-16(7-10-25)26-12-18(30-14-19(26)27)13-29-17-4-2-15(22)3-5-17/h2-5,8,11,16,18H,6-7,9-10,12-14H2,1H3. The number of morpholine rings is 1. The molecule has 1 aromatic carbocycles. The van der Waals surface area contributed by atoms with E-state index in [1.54, 1.807) is 41.0 Å². The second kappa shape index (κ2) is 8.83. The van der Waals surface area contributed by atoms with Crippen LogP contribution in [-0.4, -0.2) is 76.2 Å². The molecular weight excluding hydrogens is 391 g/mol. The van der Waals surface area contributed by atoms with Crippen LogP contribution >= 0.6 is 0 Å². The Morgan fingerprint density at radius 2 is 2.00 bits per heavy atom. The predicted molar refractivity (Wildman–Crippen MR) is 105 cm³/mol. The molecule has 0 aliphatic carbocycles. The van der Waals surface area contributed by atoms with E-state index in [-0.39, 0.29) is 43.0 Å². The SMILES string of the molecule is Cn1ccnc1C(=O)N1CCC(N2CC(COc3ccc(F)cc3)OCC2=O)CC1. The molecular formula is C21H25FN4O4. The predicted octanol–water partition coefficient (Wildman–Crippen LogP) is 1.47. The summed E-state index contributed by atoms with van der Waals surface area (Å²) in [4.78, 5) is 32.8. The molecule has 8 nitrogen and oxygen atoms in total. The molecule has 9 heteroatoms. The van der Waals surface area contributed by atoms with Crippen molar-refractivity contribution in [3.05, 3.63) is 48.3 Å². The van der Waals surface area contributed by atoms with E-state index in [9.17, 15) is 14.0 Å². The van der Waals surface area contributed by atoms with Gasteiger partial charge in [0.1, 0.15) is 30.9 Å². The molecule has 1 atom stereocenters. The second-order valence-electron chi connectivity index (χ2n) is 7.63. The molecule has 1 aromatic heterocycles. The first-order valence-electron chi connectivity index (χ1n) is 10.1. The largest absolute Gasteiger partial charge is 0.491 e. The molecule has 1 unspecified atom stereocenters. The summed E-state index contributed by atoms with van der Waals surface area (Å²) in [6.07, 6.45) is 4.54. The molecule has 2 saturated heterocycles. The van der Waals surface area contributed by atoms with Crippen LogP contribution in [0.1, 0.15) is 23.5 Å². The highest BCUT2D eigenvalue weighted by molar-refractivity contribution is 5.90. The number of likely N-dealkylation sites (tertiary alicyclic amines) is 1. The molecule has 2 aromatic rings. The van der Waals surface area contributed by atoms with Crippen LogP contribution in [0.3, 0.4) is 0 Å². The van der Waals surface area contributed by atoms with Crippen LogP contribution in [0.5, 0.6) is 5.75 Å². The Morgan fingerprint density at radius 3 is 2.67 bits per heavy atom. The van der Waals surface area contributed by atoms with Gasteiger partial charge in [0.25, 0.3) is 5.91 Å². The van der Waals surface area contributed by atoms with Gasteiger partial charge in [-0.1, -0.05) is 0 Å². The van der Waals surface area contributed by atoms with E-state index in [4.69, 9.17) is 9.47 Å². The van der Waals surface area contributed by atoms with E-state index < -0.39 is 0 Å². The van der Waals surface area contributed by atoms with Gasteiger partial charge in [-0.3, -0.25) is 9.59 Å². The molecule has 4 rings (SSSR count). The third kappa shape index (κ3) is 4.46. The van der Waals surface area contributed by atoms with Gasteiger partial charge in [0.05, 0.1) is 6.54 Å². The van der Waals surface area contributed by atoms with Gasteiger partial charge in [-0.2, -0.15) is 0 Å². The van der Waals surface area contributed by atoms with Crippen LogP contribution in [0, 0.1) is 5.82 Å². The van der Waals surface area contributed by atoms with Crippen molar-refractivity contribution in [1.29, 1.82) is 0 Å². The summed E-state index contributed by atoms with van der Waals surface area (Å²) in [5.74, 6) is 0.543. The number of carbonyl (C=O) groups is 2. The number of aryl methyl sites for hydroxylation is 1. The number of imidazole rings is 1. The number of hydrogen-bond donors (Lipinski definition) is 0. The molecule has 30 heavy (non-hydrogen) atoms. The molecule has 0 radical (unpaired) electrons. The number of aromatic nitrogens is 2. The summed E-state index contributed by atoms with van der Waals surface area (Å²) in [6, 6.07) is 5.88. The highest BCUT2D eigenvalue weighted by Gasteiger charge is 2.35. The maximum absolute atomic E-state index is 13.0. The number of rotatable bonds is 5. The third-order valence-electron chi connectivity index (χ3n) is 5.62. The number of carbonyl (C=O) groups excluding carboxylic acids is 2. The maximum Gasteiger partial charge on any atom is 0.289 e. The summed E-state index contributed by atoms with van der Waals surface area (Å²) in [5.41, 5.74) is 0. The van der Waals surface area contributed by atoms with Gasteiger partial charge in [0.2, 0.25) is 5.91 Å². The minimum Gasteiger partial charge on any atom is -0.491 e. The fourth-order valence-electron chi connectivity index (χ4n) is 3.91. The Morgan fingerprint density at radius 1 is 1.27 bits per heavy atom. The quantitative estimate of drug-likeness (QED) is 0.738. The summed E-state index contributed by atoms with van der Waals surface area (Å²) in [6.45, 7) is 1.91. The zero-order chi connectivity index (χ0) is 21.1. The number of benzene rings is 1. The zero-order valence-electron chi connectivity index (χ0n) is 16.9. The van der Waals surface area contributed by atoms with Crippen molar-refractivity contribution in [3.63, 3.8) is 0 Å². The lowest BCUT2D eigenvalue weighted by molar-refractivity contribution is -0.155. The van der Waals surface area contributed by atoms with E-state index in [1.807, 2.05) is 4.90 Å². The van der Waals surface area contributed by atoms with Gasteiger partial charge in [-0.05, 0) is 37.1 Å². The van der Waals surface area contributed by atoms with Gasteiger partial charge >= 0.3 is 0 Å². The number of amides is 2. The fraction of sp³-hybridized carbons (Fsp3) is 0.476. The molecule has 2 fully saturated rings. The molecule has 0 bridgehead atoms. The van der Waals surface area contributed by atoms with Crippen LogP contribution in [0.2, 0.25) is 0 Å². The fourth-order valence-corrected chi connectivity index (χ4v) is 3.91. The van der Waals surface area contributed by atoms with Crippen LogP contribution < -0.4 is 4.74 Å². The van der Waals surface area contributed by atoms with Crippen molar-refractivity contribution >= 4 is 11.8 Å². The third-order valence-corrected chi connectivity index (χ3v) is 5.62. The topological polar surface area (TPSA) is 76.9 Å². The molecule has 3 heterocycles. The highest BCUT2D eigenvalue weighted by atomic mass is 19.1. The van der Waals surface area contributed by atoms with Gasteiger partial charge in [-0.15, -0.1) is 0 Å². The van der Waals surface area contributed by atoms with Crippen molar-refractivity contribution in [2.45, 2.75) is 25.0 Å². The van der Waals surface area contributed by atoms with Crippen LogP contribution in [0.15, 0.2) is 36.7 Å². The minimum atomic E-state index is -0.319. The van der Waals surface area contributed by atoms with Crippen molar-refractivity contribution < 1.29 is 23.5 Å². The average molecular weight is 416 g/mol. The first-order valence-corrected chi connectivity index (χ1v) is 10.1. The maximum atomic E-state index is 13.0. The van der Waals surface area contributed by atoms with Crippen molar-refractivity contribution in [2.24, 2.45) is 7.05 Å². The van der Waals surface area contributed by atoms with Gasteiger partial charge in [-0.25, -0.2) is 9.37 Å². The van der Waals surface area contributed by atoms with Crippen molar-refractivity contribution in [1.82, 2.24) is 19.4 Å². The Hall–Kier alpha value is -2.94. The summed E-state index contributed by atoms with van der Waals surface area (Å²) in [5, 5.41) is 0. The number of piperidine rings is 1. The molecule has 0 saturated carbocycles. The van der Waals surface area contributed by atoms with Crippen LogP contribution in [0.4, 0.5) is 4.39 Å². The van der Waals surface area contributed by atoms with Crippen molar-refractivity contribution in [2.75, 3.05) is 32.8 Å². The van der Waals surface area contributed by atoms with Crippen LogP contribution in [0.25, 0.3) is 0 Å². The van der Waals surface area contributed by atoms with Gasteiger partial charge in [0, 0.05) is 38.6 Å². The first kappa shape index (κ1) is 20.3. The summed E-state index contributed by atoms with van der Waals surface area (Å²) in [7, 11) is 1.80. The molecule has 0 spiro atoms. The molecule has 160 valence electrons. The zero-order valence-corrected chi connectivity index (χ0v) is 16.9. The van der Waals surface area contributed by atoms with E-state index in [0.29, 0.717) is 44.0 Å². The van der Waals surface area contributed by atoms with E-state index in [0.717, 1.165) is 0 Å². The Balaban J connectivity index is 1.30. The number of halogens is 1. The smallest absolute Gasteiger partial charge is 0.289 e. The highest BCUT2D eigenvalue weighted by Crippen LogP contribution is 2.22. The van der Waals surface area contributed by atoms with E-state index in [2.05, 4.69) is 4.98 Å². The monoisotopic (exact) mass is 416 g/mol. The lowest BCUT2D eigenvalue weighted by Gasteiger charge is -2.42. The molecule has 2 aliphatic rings. The van der Waals surface area contributed by atoms with Crippen LogP contribution in [-0.2, 0) is 16.6 Å². The molecule has 2 amide bonds. The Kier molecular flexibility index (Phi) is 5.98. The number of hydrogen-bond acceptors (Lipinski definition) is 5. The minimum absolute atomic E-state index is 0.0177. The van der Waals surface area contributed by atoms with Gasteiger partial charge in [0.15, 0.2) is 5.82 Å². The second-order valence-corrected chi connectivity index (χ2v) is 7.63. The van der Waals surface area contributed by atoms with E-state index >= 15 is 0 Å². The van der Waals surface area contributed by atoms with Crippen molar-refractivity contribution in [3.8, 4) is 5.75 Å². The Labute approximate surface area is 174 Å². The van der Waals surface area contributed by atoms with E-state index in [1.165, 1.54) is 12.1 Å². The number of ether oxygens (including phenoxy) is 2. The molecule has 2 aliphatic heterocycles. The lowest BCUT2D eigenvalue weighted by atomic mass is 10.0. The lowest BCUT2D eigenvalue weighted by Crippen LogP contribution is -2.56. The first-order chi connectivity index (χ1) is 14.5. The summed E-state index contributed by atoms with van der Waals surface area (Å²) >= 11 is 0. The average Bonchev–Trinajstić information content (AvgIpc) is 3.20.